The predicted octanol–water partition coefficient (Wildman–Crippen LogP) is 1.79. The van der Waals surface area contributed by atoms with Crippen LogP contribution >= 0.6 is 0 Å². The number of nitrogens with one attached hydrogen (secondary N) is 1. The molecule has 3 nitrogen and oxygen atoms in total. The van der Waals surface area contributed by atoms with Crippen LogP contribution in [0.5, 0.6) is 0 Å². The average molecular weight is 253 g/mol. The molecule has 1 unspecified atom stereocenters. The fourth-order valence-electron chi connectivity index (χ4n) is 2.79. The van der Waals surface area contributed by atoms with Crippen molar-refractivity contribution in [2.75, 3.05) is 46.3 Å². The summed E-state index contributed by atoms with van der Waals surface area (Å²) in [5.74, 6) is 1.06. The van der Waals surface area contributed by atoms with E-state index in [2.05, 4.69) is 29.1 Å². The molecule has 2 rings (SSSR count). The van der Waals surface area contributed by atoms with Gasteiger partial charge in [0.1, 0.15) is 0 Å². The average Bonchev–Trinajstić information content (AvgIpc) is 3.20. The summed E-state index contributed by atoms with van der Waals surface area (Å²) in [6.45, 7) is 10.2. The second kappa shape index (κ2) is 7.46. The van der Waals surface area contributed by atoms with Gasteiger partial charge in [-0.15, -0.1) is 0 Å². The first-order chi connectivity index (χ1) is 8.78. The van der Waals surface area contributed by atoms with E-state index in [1.807, 2.05) is 0 Å². The molecule has 1 heterocycles. The van der Waals surface area contributed by atoms with E-state index in [0.717, 1.165) is 5.92 Å². The molecule has 0 radical (unpaired) electrons. The Morgan fingerprint density at radius 1 is 1.06 bits per heavy atom. The van der Waals surface area contributed by atoms with E-state index in [-0.39, 0.29) is 0 Å². The summed E-state index contributed by atoms with van der Waals surface area (Å²) in [7, 11) is 2.06. The molecule has 1 N–H and O–H groups in total. The standard InChI is InChI=1S/C15H31N3/c1-14(16-2)5-3-4-8-17-9-11-18(12-10-17)13-15-6-7-15/h14-16H,3-13H2,1-2H3. The van der Waals surface area contributed by atoms with Crippen LogP contribution in [0.4, 0.5) is 0 Å². The van der Waals surface area contributed by atoms with Gasteiger partial charge >= 0.3 is 0 Å². The van der Waals surface area contributed by atoms with Gasteiger partial charge in [0.25, 0.3) is 0 Å². The topological polar surface area (TPSA) is 18.5 Å². The van der Waals surface area contributed by atoms with Crippen molar-refractivity contribution in [1.82, 2.24) is 15.1 Å². The van der Waals surface area contributed by atoms with Gasteiger partial charge in [0, 0.05) is 38.8 Å². The van der Waals surface area contributed by atoms with Crippen molar-refractivity contribution in [2.45, 2.75) is 45.1 Å². The van der Waals surface area contributed by atoms with Gasteiger partial charge in [-0.05, 0) is 52.1 Å². The lowest BCUT2D eigenvalue weighted by molar-refractivity contribution is 0.126. The van der Waals surface area contributed by atoms with E-state index in [1.165, 1.54) is 71.4 Å². The Hall–Kier alpha value is -0.120. The van der Waals surface area contributed by atoms with E-state index >= 15 is 0 Å². The maximum atomic E-state index is 3.31. The third kappa shape index (κ3) is 5.25. The van der Waals surface area contributed by atoms with Crippen LogP contribution in [0.15, 0.2) is 0 Å². The fourth-order valence-corrected chi connectivity index (χ4v) is 2.79. The molecule has 3 heteroatoms. The quantitative estimate of drug-likeness (QED) is 0.665. The van der Waals surface area contributed by atoms with Crippen molar-refractivity contribution < 1.29 is 0 Å². The molecular formula is C15H31N3. The van der Waals surface area contributed by atoms with Crippen molar-refractivity contribution in [3.05, 3.63) is 0 Å². The predicted molar refractivity (Wildman–Crippen MR) is 78.0 cm³/mol. The zero-order valence-corrected chi connectivity index (χ0v) is 12.3. The van der Waals surface area contributed by atoms with Crippen LogP contribution in [0.1, 0.15) is 39.0 Å². The maximum Gasteiger partial charge on any atom is 0.0110 e. The molecule has 0 aromatic heterocycles. The van der Waals surface area contributed by atoms with Crippen LogP contribution in [0.3, 0.4) is 0 Å². The van der Waals surface area contributed by atoms with Crippen molar-refractivity contribution in [1.29, 1.82) is 0 Å². The van der Waals surface area contributed by atoms with Crippen LogP contribution in [0, 0.1) is 5.92 Å². The van der Waals surface area contributed by atoms with Crippen molar-refractivity contribution in [3.8, 4) is 0 Å². The fraction of sp³-hybridized carbons (Fsp3) is 1.00. The summed E-state index contributed by atoms with van der Waals surface area (Å²) in [4.78, 5) is 5.34. The second-order valence-electron chi connectivity index (χ2n) is 6.27. The largest absolute Gasteiger partial charge is 0.317 e. The van der Waals surface area contributed by atoms with Crippen LogP contribution in [0.2, 0.25) is 0 Å². The molecule has 18 heavy (non-hydrogen) atoms. The highest BCUT2D eigenvalue weighted by Crippen LogP contribution is 2.29. The first-order valence-corrected chi connectivity index (χ1v) is 7.90. The SMILES string of the molecule is CNC(C)CCCCN1CCN(CC2CC2)CC1. The summed E-state index contributed by atoms with van der Waals surface area (Å²) in [6, 6.07) is 0.681. The molecule has 1 saturated heterocycles. The second-order valence-corrected chi connectivity index (χ2v) is 6.27. The normalized spacial score (nSPS) is 24.3. The van der Waals surface area contributed by atoms with E-state index in [0.29, 0.717) is 6.04 Å². The summed E-state index contributed by atoms with van der Waals surface area (Å²) >= 11 is 0. The Bertz CT molecular complexity index is 220. The smallest absolute Gasteiger partial charge is 0.0110 e. The van der Waals surface area contributed by atoms with Gasteiger partial charge in [-0.1, -0.05) is 6.42 Å². The van der Waals surface area contributed by atoms with Gasteiger partial charge < -0.3 is 15.1 Å². The van der Waals surface area contributed by atoms with E-state index in [1.54, 1.807) is 0 Å². The molecule has 0 spiro atoms. The van der Waals surface area contributed by atoms with Gasteiger partial charge in [-0.2, -0.15) is 0 Å². The van der Waals surface area contributed by atoms with E-state index in [4.69, 9.17) is 0 Å². The van der Waals surface area contributed by atoms with Crippen LogP contribution in [-0.4, -0.2) is 62.2 Å². The number of piperazine rings is 1. The molecule has 0 aromatic carbocycles. The molecule has 106 valence electrons. The molecule has 2 aliphatic rings. The van der Waals surface area contributed by atoms with Gasteiger partial charge in [0.05, 0.1) is 0 Å². The third-order valence-corrected chi connectivity index (χ3v) is 4.53. The lowest BCUT2D eigenvalue weighted by Gasteiger charge is -2.34. The lowest BCUT2D eigenvalue weighted by atomic mass is 10.1. The number of nitrogens with zero attached hydrogens (tertiary/aromatic N) is 2. The first kappa shape index (κ1) is 14.3. The molecule has 0 bridgehead atoms. The molecule has 1 aliphatic heterocycles. The molecule has 2 fully saturated rings. The highest BCUT2D eigenvalue weighted by atomic mass is 15.3. The zero-order valence-electron chi connectivity index (χ0n) is 12.3. The number of hydrogen-bond acceptors (Lipinski definition) is 3. The number of rotatable bonds is 8. The van der Waals surface area contributed by atoms with Gasteiger partial charge in [-0.3, -0.25) is 0 Å². The van der Waals surface area contributed by atoms with Gasteiger partial charge in [-0.25, -0.2) is 0 Å². The van der Waals surface area contributed by atoms with E-state index in [9.17, 15) is 0 Å². The minimum Gasteiger partial charge on any atom is -0.317 e. The Balaban J connectivity index is 1.48. The summed E-state index contributed by atoms with van der Waals surface area (Å²) in [6.07, 6.45) is 7.03. The summed E-state index contributed by atoms with van der Waals surface area (Å²) < 4.78 is 0. The minimum absolute atomic E-state index is 0.681. The Labute approximate surface area is 113 Å². The summed E-state index contributed by atoms with van der Waals surface area (Å²) in [5, 5.41) is 3.31. The minimum atomic E-state index is 0.681. The van der Waals surface area contributed by atoms with Crippen molar-refractivity contribution in [2.24, 2.45) is 5.92 Å². The van der Waals surface area contributed by atoms with Gasteiger partial charge in [0.2, 0.25) is 0 Å². The molecular weight excluding hydrogens is 222 g/mol. The highest BCUT2D eigenvalue weighted by molar-refractivity contribution is 4.80. The van der Waals surface area contributed by atoms with Crippen molar-refractivity contribution in [3.63, 3.8) is 0 Å². The molecule has 1 saturated carbocycles. The number of unbranched alkanes of at least 4 members (excludes halogenated alkanes) is 1. The monoisotopic (exact) mass is 253 g/mol. The Kier molecular flexibility index (Phi) is 5.93. The molecule has 1 atom stereocenters. The Morgan fingerprint density at radius 3 is 2.33 bits per heavy atom. The van der Waals surface area contributed by atoms with Gasteiger partial charge in [0.15, 0.2) is 0 Å². The van der Waals surface area contributed by atoms with Crippen LogP contribution < -0.4 is 5.32 Å². The lowest BCUT2D eigenvalue weighted by Crippen LogP contribution is -2.47. The molecule has 1 aliphatic carbocycles. The van der Waals surface area contributed by atoms with Crippen molar-refractivity contribution >= 4 is 0 Å². The van der Waals surface area contributed by atoms with E-state index < -0.39 is 0 Å². The number of hydrogen-bond donors (Lipinski definition) is 1. The highest BCUT2D eigenvalue weighted by Gasteiger charge is 2.26. The van der Waals surface area contributed by atoms with Crippen LogP contribution in [0.25, 0.3) is 0 Å². The first-order valence-electron chi connectivity index (χ1n) is 7.90. The maximum absolute atomic E-state index is 3.31. The van der Waals surface area contributed by atoms with Crippen LogP contribution in [-0.2, 0) is 0 Å². The molecule has 0 amide bonds. The Morgan fingerprint density at radius 2 is 1.72 bits per heavy atom. The molecule has 0 aromatic rings. The summed E-state index contributed by atoms with van der Waals surface area (Å²) in [5.41, 5.74) is 0. The third-order valence-electron chi connectivity index (χ3n) is 4.53. The zero-order chi connectivity index (χ0) is 12.8.